The molecule has 1 saturated heterocycles. The molecule has 2 unspecified atom stereocenters. The molecule has 0 aromatic heterocycles. The van der Waals surface area contributed by atoms with E-state index in [4.69, 9.17) is 0 Å². The maximum absolute atomic E-state index is 9.66. The fourth-order valence-electron chi connectivity index (χ4n) is 2.08. The van der Waals surface area contributed by atoms with Crippen molar-refractivity contribution in [3.05, 3.63) is 33.8 Å². The van der Waals surface area contributed by atoms with Crippen molar-refractivity contribution in [3.8, 4) is 0 Å². The summed E-state index contributed by atoms with van der Waals surface area (Å²) in [5.41, 5.74) is 2.52. The summed E-state index contributed by atoms with van der Waals surface area (Å²) in [5.74, 6) is 0.337. The fraction of sp³-hybridized carbons (Fsp3) is 0.538. The normalized spacial score (nSPS) is 24.2. The lowest BCUT2D eigenvalue weighted by Gasteiger charge is -2.14. The molecule has 0 saturated carbocycles. The van der Waals surface area contributed by atoms with Crippen molar-refractivity contribution < 1.29 is 5.11 Å². The summed E-state index contributed by atoms with van der Waals surface area (Å²) in [6.45, 7) is 5.43. The van der Waals surface area contributed by atoms with Gasteiger partial charge in [-0.1, -0.05) is 28.1 Å². The van der Waals surface area contributed by atoms with Gasteiger partial charge in [0.25, 0.3) is 0 Å². The van der Waals surface area contributed by atoms with Gasteiger partial charge in [-0.15, -0.1) is 0 Å². The lowest BCUT2D eigenvalue weighted by molar-refractivity contribution is 0.146. The molecule has 0 amide bonds. The van der Waals surface area contributed by atoms with E-state index in [0.717, 1.165) is 30.7 Å². The van der Waals surface area contributed by atoms with Gasteiger partial charge in [0.15, 0.2) is 0 Å². The van der Waals surface area contributed by atoms with Crippen LogP contribution in [0.2, 0.25) is 0 Å². The van der Waals surface area contributed by atoms with Crippen LogP contribution in [-0.4, -0.2) is 30.8 Å². The predicted molar refractivity (Wildman–Crippen MR) is 73.0 cm³/mol. The summed E-state index contributed by atoms with van der Waals surface area (Å²) >= 11 is 3.54. The standard InChI is InChI=1S/C13H19BrN2O/c1-9-2-3-10(4-12(9)14)5-15-6-11-7-16-8-13(11)17/h2-4,11,13,15-17H,5-8H2,1H3. The summed E-state index contributed by atoms with van der Waals surface area (Å²) in [7, 11) is 0. The van der Waals surface area contributed by atoms with Gasteiger partial charge in [0.2, 0.25) is 0 Å². The minimum absolute atomic E-state index is 0.202. The van der Waals surface area contributed by atoms with Crippen LogP contribution in [0.4, 0.5) is 0 Å². The van der Waals surface area contributed by atoms with Gasteiger partial charge in [-0.05, 0) is 24.1 Å². The molecule has 1 aliphatic heterocycles. The number of hydrogen-bond acceptors (Lipinski definition) is 3. The zero-order valence-electron chi connectivity index (χ0n) is 10.0. The van der Waals surface area contributed by atoms with Crippen molar-refractivity contribution in [2.45, 2.75) is 19.6 Å². The predicted octanol–water partition coefficient (Wildman–Crippen LogP) is 1.43. The lowest BCUT2D eigenvalue weighted by atomic mass is 10.1. The highest BCUT2D eigenvalue weighted by molar-refractivity contribution is 9.10. The van der Waals surface area contributed by atoms with E-state index in [0.29, 0.717) is 5.92 Å². The largest absolute Gasteiger partial charge is 0.391 e. The summed E-state index contributed by atoms with van der Waals surface area (Å²) in [5, 5.41) is 16.2. The molecule has 0 radical (unpaired) electrons. The third-order valence-corrected chi connectivity index (χ3v) is 4.13. The van der Waals surface area contributed by atoms with Crippen LogP contribution in [0.15, 0.2) is 22.7 Å². The van der Waals surface area contributed by atoms with Crippen LogP contribution in [-0.2, 0) is 6.54 Å². The second-order valence-electron chi connectivity index (χ2n) is 4.70. The van der Waals surface area contributed by atoms with E-state index >= 15 is 0 Å². The molecule has 1 heterocycles. The second-order valence-corrected chi connectivity index (χ2v) is 5.55. The number of aliphatic hydroxyl groups is 1. The summed E-state index contributed by atoms with van der Waals surface area (Å²) in [6, 6.07) is 6.40. The molecule has 0 spiro atoms. The first-order valence-electron chi connectivity index (χ1n) is 6.01. The van der Waals surface area contributed by atoms with Crippen molar-refractivity contribution in [3.63, 3.8) is 0 Å². The Morgan fingerprint density at radius 2 is 2.29 bits per heavy atom. The number of nitrogens with one attached hydrogen (secondary N) is 2. The Morgan fingerprint density at radius 1 is 1.47 bits per heavy atom. The molecule has 1 fully saturated rings. The van der Waals surface area contributed by atoms with Crippen LogP contribution in [0.3, 0.4) is 0 Å². The fourth-order valence-corrected chi connectivity index (χ4v) is 2.50. The highest BCUT2D eigenvalue weighted by Crippen LogP contribution is 2.17. The molecule has 1 aromatic carbocycles. The SMILES string of the molecule is Cc1ccc(CNCC2CNCC2O)cc1Br. The van der Waals surface area contributed by atoms with Crippen LogP contribution >= 0.6 is 15.9 Å². The first kappa shape index (κ1) is 13.0. The van der Waals surface area contributed by atoms with Gasteiger partial charge >= 0.3 is 0 Å². The van der Waals surface area contributed by atoms with Crippen molar-refractivity contribution in [1.29, 1.82) is 0 Å². The van der Waals surface area contributed by atoms with Crippen molar-refractivity contribution in [2.24, 2.45) is 5.92 Å². The summed E-state index contributed by atoms with van der Waals surface area (Å²) < 4.78 is 1.15. The van der Waals surface area contributed by atoms with Gasteiger partial charge in [-0.3, -0.25) is 0 Å². The highest BCUT2D eigenvalue weighted by atomic mass is 79.9. The van der Waals surface area contributed by atoms with E-state index in [1.807, 2.05) is 0 Å². The number of β-amino-alcohol motifs (C(OH)–C–C–N with tert-alkyl or cyclic N) is 1. The van der Waals surface area contributed by atoms with Crippen LogP contribution in [0, 0.1) is 12.8 Å². The zero-order chi connectivity index (χ0) is 12.3. The van der Waals surface area contributed by atoms with Gasteiger partial charge < -0.3 is 15.7 Å². The molecular weight excluding hydrogens is 280 g/mol. The van der Waals surface area contributed by atoms with E-state index in [1.165, 1.54) is 11.1 Å². The number of hydrogen-bond donors (Lipinski definition) is 3. The third kappa shape index (κ3) is 3.52. The van der Waals surface area contributed by atoms with E-state index in [1.54, 1.807) is 0 Å². The van der Waals surface area contributed by atoms with Gasteiger partial charge in [0, 0.05) is 36.6 Å². The molecule has 3 N–H and O–H groups in total. The topological polar surface area (TPSA) is 44.3 Å². The van der Waals surface area contributed by atoms with E-state index in [-0.39, 0.29) is 6.10 Å². The molecule has 17 heavy (non-hydrogen) atoms. The minimum Gasteiger partial charge on any atom is -0.391 e. The second kappa shape index (κ2) is 5.96. The molecule has 0 aliphatic carbocycles. The maximum atomic E-state index is 9.66. The Kier molecular flexibility index (Phi) is 4.56. The molecule has 1 aliphatic rings. The van der Waals surface area contributed by atoms with E-state index in [9.17, 15) is 5.11 Å². The molecular formula is C13H19BrN2O. The molecule has 2 atom stereocenters. The summed E-state index contributed by atoms with van der Waals surface area (Å²) in [6.07, 6.45) is -0.202. The van der Waals surface area contributed by atoms with Crippen molar-refractivity contribution in [2.75, 3.05) is 19.6 Å². The number of aliphatic hydroxyl groups excluding tert-OH is 1. The highest BCUT2D eigenvalue weighted by Gasteiger charge is 2.23. The Balaban J connectivity index is 1.79. The third-order valence-electron chi connectivity index (χ3n) is 3.28. The maximum Gasteiger partial charge on any atom is 0.0716 e. The van der Waals surface area contributed by atoms with Gasteiger partial charge in [-0.2, -0.15) is 0 Å². The Morgan fingerprint density at radius 3 is 2.94 bits per heavy atom. The lowest BCUT2D eigenvalue weighted by Crippen LogP contribution is -2.30. The van der Waals surface area contributed by atoms with Gasteiger partial charge in [0.05, 0.1) is 6.10 Å². The Labute approximate surface area is 111 Å². The van der Waals surface area contributed by atoms with Crippen LogP contribution in [0.1, 0.15) is 11.1 Å². The molecule has 1 aromatic rings. The van der Waals surface area contributed by atoms with Crippen molar-refractivity contribution in [1.82, 2.24) is 10.6 Å². The average Bonchev–Trinajstić information content (AvgIpc) is 2.70. The minimum atomic E-state index is -0.202. The molecule has 0 bridgehead atoms. The van der Waals surface area contributed by atoms with Crippen LogP contribution in [0.5, 0.6) is 0 Å². The van der Waals surface area contributed by atoms with Gasteiger partial charge in [-0.25, -0.2) is 0 Å². The van der Waals surface area contributed by atoms with Gasteiger partial charge in [0.1, 0.15) is 0 Å². The molecule has 4 heteroatoms. The summed E-state index contributed by atoms with van der Waals surface area (Å²) in [4.78, 5) is 0. The van der Waals surface area contributed by atoms with Crippen LogP contribution in [0.25, 0.3) is 0 Å². The van der Waals surface area contributed by atoms with Crippen molar-refractivity contribution >= 4 is 15.9 Å². The number of halogens is 1. The number of aryl methyl sites for hydroxylation is 1. The number of rotatable bonds is 4. The zero-order valence-corrected chi connectivity index (χ0v) is 11.6. The molecule has 2 rings (SSSR count). The average molecular weight is 299 g/mol. The Hall–Kier alpha value is -0.420. The van der Waals surface area contributed by atoms with E-state index in [2.05, 4.69) is 51.7 Å². The van der Waals surface area contributed by atoms with Crippen LogP contribution < -0.4 is 10.6 Å². The first-order valence-corrected chi connectivity index (χ1v) is 6.80. The number of benzene rings is 1. The first-order chi connectivity index (χ1) is 8.16. The monoisotopic (exact) mass is 298 g/mol. The quantitative estimate of drug-likeness (QED) is 0.788. The smallest absolute Gasteiger partial charge is 0.0716 e. The molecule has 3 nitrogen and oxygen atoms in total. The Bertz CT molecular complexity index is 384. The molecule has 94 valence electrons. The van der Waals surface area contributed by atoms with E-state index < -0.39 is 0 Å².